The van der Waals surface area contributed by atoms with Crippen LogP contribution in [0.15, 0.2) is 18.2 Å². The highest BCUT2D eigenvalue weighted by Crippen LogP contribution is 2.20. The van der Waals surface area contributed by atoms with Crippen LogP contribution in [0.3, 0.4) is 0 Å². The SMILES string of the molecule is CCCC(C)C(=O)c1cc(C)ccc1N. The fourth-order valence-electron chi connectivity index (χ4n) is 1.71. The predicted octanol–water partition coefficient (Wildman–Crippen LogP) is 3.20. The van der Waals surface area contributed by atoms with Gasteiger partial charge in [0.2, 0.25) is 0 Å². The van der Waals surface area contributed by atoms with Gasteiger partial charge in [0.1, 0.15) is 0 Å². The molecule has 1 aromatic carbocycles. The van der Waals surface area contributed by atoms with Gasteiger partial charge in [-0.2, -0.15) is 0 Å². The molecular weight excluding hydrogens is 186 g/mol. The molecule has 0 aliphatic carbocycles. The molecule has 0 saturated carbocycles. The van der Waals surface area contributed by atoms with Crippen molar-refractivity contribution in [2.75, 3.05) is 5.73 Å². The van der Waals surface area contributed by atoms with Crippen LogP contribution in [0.5, 0.6) is 0 Å². The number of Topliss-reactive ketones (excluding diaryl/α,β-unsaturated/α-hetero) is 1. The highest BCUT2D eigenvalue weighted by molar-refractivity contribution is 6.02. The number of nitrogen functional groups attached to an aromatic ring is 1. The molecule has 1 unspecified atom stereocenters. The molecule has 2 heteroatoms. The first kappa shape index (κ1) is 11.8. The molecule has 0 aliphatic rings. The third kappa shape index (κ3) is 2.82. The maximum Gasteiger partial charge on any atom is 0.167 e. The number of rotatable bonds is 4. The zero-order valence-electron chi connectivity index (χ0n) is 9.71. The van der Waals surface area contributed by atoms with E-state index >= 15 is 0 Å². The van der Waals surface area contributed by atoms with Crippen molar-refractivity contribution >= 4 is 11.5 Å². The van der Waals surface area contributed by atoms with Crippen LogP contribution in [-0.4, -0.2) is 5.78 Å². The van der Waals surface area contributed by atoms with Crippen LogP contribution >= 0.6 is 0 Å². The van der Waals surface area contributed by atoms with E-state index in [4.69, 9.17) is 5.73 Å². The second kappa shape index (κ2) is 4.96. The van der Waals surface area contributed by atoms with Gasteiger partial charge < -0.3 is 5.73 Å². The molecule has 15 heavy (non-hydrogen) atoms. The van der Waals surface area contributed by atoms with E-state index in [1.807, 2.05) is 26.0 Å². The molecule has 0 aromatic heterocycles. The summed E-state index contributed by atoms with van der Waals surface area (Å²) in [6, 6.07) is 5.61. The van der Waals surface area contributed by atoms with Crippen LogP contribution in [0.1, 0.15) is 42.6 Å². The Bertz CT molecular complexity index is 358. The van der Waals surface area contributed by atoms with Gasteiger partial charge in [0, 0.05) is 17.2 Å². The predicted molar refractivity (Wildman–Crippen MR) is 64.0 cm³/mol. The summed E-state index contributed by atoms with van der Waals surface area (Å²) in [4.78, 5) is 12.0. The van der Waals surface area contributed by atoms with Gasteiger partial charge in [0.05, 0.1) is 0 Å². The minimum absolute atomic E-state index is 0.0686. The van der Waals surface area contributed by atoms with Crippen molar-refractivity contribution in [1.82, 2.24) is 0 Å². The number of hydrogen-bond donors (Lipinski definition) is 1. The molecule has 1 aromatic rings. The molecule has 0 radical (unpaired) electrons. The standard InChI is InChI=1S/C13H19NO/c1-4-5-10(3)13(15)11-8-9(2)6-7-12(11)14/h6-8,10H,4-5,14H2,1-3H3. The van der Waals surface area contributed by atoms with Gasteiger partial charge in [-0.15, -0.1) is 0 Å². The summed E-state index contributed by atoms with van der Waals surface area (Å²) < 4.78 is 0. The number of aryl methyl sites for hydroxylation is 1. The molecule has 0 spiro atoms. The zero-order valence-corrected chi connectivity index (χ0v) is 9.71. The number of ketones is 1. The van der Waals surface area contributed by atoms with Crippen LogP contribution < -0.4 is 5.73 Å². The van der Waals surface area contributed by atoms with Gasteiger partial charge in [-0.1, -0.05) is 31.9 Å². The molecule has 82 valence electrons. The topological polar surface area (TPSA) is 43.1 Å². The first-order chi connectivity index (χ1) is 7.06. The minimum atomic E-state index is 0.0686. The Kier molecular flexibility index (Phi) is 3.89. The summed E-state index contributed by atoms with van der Waals surface area (Å²) in [7, 11) is 0. The van der Waals surface area contributed by atoms with Crippen LogP contribution in [0.25, 0.3) is 0 Å². The van der Waals surface area contributed by atoms with Crippen molar-refractivity contribution in [2.45, 2.75) is 33.6 Å². The molecule has 0 amide bonds. The van der Waals surface area contributed by atoms with Gasteiger partial charge in [0.25, 0.3) is 0 Å². The van der Waals surface area contributed by atoms with E-state index in [1.165, 1.54) is 0 Å². The van der Waals surface area contributed by atoms with E-state index in [9.17, 15) is 4.79 Å². The Morgan fingerprint density at radius 3 is 2.73 bits per heavy atom. The minimum Gasteiger partial charge on any atom is -0.398 e. The van der Waals surface area contributed by atoms with E-state index in [1.54, 1.807) is 6.07 Å². The largest absolute Gasteiger partial charge is 0.398 e. The molecule has 1 atom stereocenters. The maximum absolute atomic E-state index is 12.0. The zero-order chi connectivity index (χ0) is 11.4. The molecule has 0 aliphatic heterocycles. The Morgan fingerprint density at radius 2 is 2.13 bits per heavy atom. The van der Waals surface area contributed by atoms with E-state index in [-0.39, 0.29) is 11.7 Å². The van der Waals surface area contributed by atoms with E-state index in [0.717, 1.165) is 18.4 Å². The van der Waals surface area contributed by atoms with Gasteiger partial charge in [-0.25, -0.2) is 0 Å². The molecule has 2 N–H and O–H groups in total. The number of carbonyl (C=O) groups is 1. The van der Waals surface area contributed by atoms with Crippen molar-refractivity contribution in [1.29, 1.82) is 0 Å². The number of carbonyl (C=O) groups excluding carboxylic acids is 1. The number of anilines is 1. The fourth-order valence-corrected chi connectivity index (χ4v) is 1.71. The summed E-state index contributed by atoms with van der Waals surface area (Å²) in [5.74, 6) is 0.233. The third-order valence-corrected chi connectivity index (χ3v) is 2.64. The van der Waals surface area contributed by atoms with Gasteiger partial charge in [0.15, 0.2) is 5.78 Å². The van der Waals surface area contributed by atoms with Crippen LogP contribution in [0.4, 0.5) is 5.69 Å². The Morgan fingerprint density at radius 1 is 1.47 bits per heavy atom. The normalized spacial score (nSPS) is 12.5. The lowest BCUT2D eigenvalue weighted by Crippen LogP contribution is -2.13. The quantitative estimate of drug-likeness (QED) is 0.606. The lowest BCUT2D eigenvalue weighted by molar-refractivity contribution is 0.0924. The Labute approximate surface area is 91.5 Å². The number of nitrogens with two attached hydrogens (primary N) is 1. The van der Waals surface area contributed by atoms with Crippen molar-refractivity contribution in [3.63, 3.8) is 0 Å². The molecule has 0 fully saturated rings. The van der Waals surface area contributed by atoms with E-state index < -0.39 is 0 Å². The van der Waals surface area contributed by atoms with Gasteiger partial charge in [-0.3, -0.25) is 4.79 Å². The lowest BCUT2D eigenvalue weighted by atomic mass is 9.93. The first-order valence-corrected chi connectivity index (χ1v) is 5.46. The third-order valence-electron chi connectivity index (χ3n) is 2.64. The summed E-state index contributed by atoms with van der Waals surface area (Å²) in [5, 5.41) is 0. The maximum atomic E-state index is 12.0. The Hall–Kier alpha value is -1.31. The molecular formula is C13H19NO. The van der Waals surface area contributed by atoms with Crippen LogP contribution in [-0.2, 0) is 0 Å². The van der Waals surface area contributed by atoms with Crippen molar-refractivity contribution in [2.24, 2.45) is 5.92 Å². The summed E-state index contributed by atoms with van der Waals surface area (Å²) in [6.07, 6.45) is 1.95. The summed E-state index contributed by atoms with van der Waals surface area (Å²) in [6.45, 7) is 6.03. The van der Waals surface area contributed by atoms with Crippen LogP contribution in [0.2, 0.25) is 0 Å². The molecule has 0 saturated heterocycles. The lowest BCUT2D eigenvalue weighted by Gasteiger charge is -2.11. The number of benzene rings is 1. The summed E-state index contributed by atoms with van der Waals surface area (Å²) >= 11 is 0. The molecule has 0 bridgehead atoms. The Balaban J connectivity index is 2.95. The van der Waals surface area contributed by atoms with Gasteiger partial charge >= 0.3 is 0 Å². The second-order valence-electron chi connectivity index (χ2n) is 4.14. The fraction of sp³-hybridized carbons (Fsp3) is 0.462. The highest BCUT2D eigenvalue weighted by Gasteiger charge is 2.16. The van der Waals surface area contributed by atoms with E-state index in [2.05, 4.69) is 6.92 Å². The number of hydrogen-bond acceptors (Lipinski definition) is 2. The van der Waals surface area contributed by atoms with Crippen molar-refractivity contribution in [3.05, 3.63) is 29.3 Å². The average Bonchev–Trinajstić information content (AvgIpc) is 2.21. The van der Waals surface area contributed by atoms with Crippen molar-refractivity contribution < 1.29 is 4.79 Å². The average molecular weight is 205 g/mol. The molecule has 2 nitrogen and oxygen atoms in total. The highest BCUT2D eigenvalue weighted by atomic mass is 16.1. The molecule has 0 heterocycles. The van der Waals surface area contributed by atoms with E-state index in [0.29, 0.717) is 11.3 Å². The summed E-state index contributed by atoms with van der Waals surface area (Å²) in [5.41, 5.74) is 8.15. The first-order valence-electron chi connectivity index (χ1n) is 5.46. The van der Waals surface area contributed by atoms with Crippen LogP contribution in [0, 0.1) is 12.8 Å². The van der Waals surface area contributed by atoms with Crippen molar-refractivity contribution in [3.8, 4) is 0 Å². The molecule has 1 rings (SSSR count). The smallest absolute Gasteiger partial charge is 0.167 e. The second-order valence-corrected chi connectivity index (χ2v) is 4.14. The monoisotopic (exact) mass is 205 g/mol. The van der Waals surface area contributed by atoms with Gasteiger partial charge in [-0.05, 0) is 25.5 Å².